The first-order chi connectivity index (χ1) is 8.09. The summed E-state index contributed by atoms with van der Waals surface area (Å²) in [7, 11) is 0. The maximum Gasteiger partial charge on any atom is 0.490 e. The molecule has 2 fully saturated rings. The third-order valence-corrected chi connectivity index (χ3v) is 4.23. The minimum absolute atomic E-state index is 0.189. The fourth-order valence-electron chi connectivity index (χ4n) is 2.93. The van der Waals surface area contributed by atoms with Gasteiger partial charge in [-0.25, -0.2) is 4.79 Å². The summed E-state index contributed by atoms with van der Waals surface area (Å²) in [5, 5.41) is 0. The smallest absolute Gasteiger partial charge is 0.453 e. The van der Waals surface area contributed by atoms with Crippen LogP contribution in [0, 0.1) is 5.92 Å². The van der Waals surface area contributed by atoms with E-state index in [0.29, 0.717) is 12.8 Å². The molecule has 0 spiro atoms. The molecule has 0 amide bonds. The van der Waals surface area contributed by atoms with Crippen molar-refractivity contribution in [2.75, 3.05) is 0 Å². The van der Waals surface area contributed by atoms with Crippen molar-refractivity contribution in [1.82, 2.24) is 0 Å². The monoisotopic (exact) mass is 266 g/mol. The van der Waals surface area contributed by atoms with E-state index in [-0.39, 0.29) is 5.92 Å². The zero-order valence-electron chi connectivity index (χ0n) is 10.6. The molecule has 104 valence electrons. The van der Waals surface area contributed by atoms with Crippen molar-refractivity contribution in [3.05, 3.63) is 0 Å². The van der Waals surface area contributed by atoms with E-state index in [0.717, 1.165) is 6.42 Å². The molecular formula is C12H17F3O3. The summed E-state index contributed by atoms with van der Waals surface area (Å²) in [5.41, 5.74) is -1.21. The summed E-state index contributed by atoms with van der Waals surface area (Å²) in [5.74, 6) is -1.93. The lowest BCUT2D eigenvalue weighted by Crippen LogP contribution is -2.42. The van der Waals surface area contributed by atoms with Gasteiger partial charge in [-0.05, 0) is 25.7 Å². The quantitative estimate of drug-likeness (QED) is 0.721. The van der Waals surface area contributed by atoms with E-state index in [1.807, 2.05) is 13.8 Å². The lowest BCUT2D eigenvalue weighted by molar-refractivity contribution is -0.210. The van der Waals surface area contributed by atoms with Crippen molar-refractivity contribution in [2.45, 2.75) is 63.5 Å². The van der Waals surface area contributed by atoms with Gasteiger partial charge in [0.1, 0.15) is 11.7 Å². The fraction of sp³-hybridized carbons (Fsp3) is 0.917. The van der Waals surface area contributed by atoms with Crippen LogP contribution in [0.5, 0.6) is 0 Å². The Morgan fingerprint density at radius 2 is 2.00 bits per heavy atom. The van der Waals surface area contributed by atoms with E-state index in [4.69, 9.17) is 4.74 Å². The van der Waals surface area contributed by atoms with Gasteiger partial charge in [0.2, 0.25) is 0 Å². The highest BCUT2D eigenvalue weighted by Crippen LogP contribution is 2.55. The number of hydrogen-bond donors (Lipinski definition) is 0. The van der Waals surface area contributed by atoms with Crippen LogP contribution >= 0.6 is 0 Å². The maximum atomic E-state index is 12.2. The normalized spacial score (nSPS) is 39.4. The van der Waals surface area contributed by atoms with Gasteiger partial charge in [-0.3, -0.25) is 0 Å². The summed E-state index contributed by atoms with van der Waals surface area (Å²) < 4.78 is 47.1. The summed E-state index contributed by atoms with van der Waals surface area (Å²) in [6.07, 6.45) is -3.96. The lowest BCUT2D eigenvalue weighted by Gasteiger charge is -2.31. The van der Waals surface area contributed by atoms with E-state index in [1.54, 1.807) is 6.92 Å². The molecule has 0 aromatic rings. The number of esters is 1. The van der Waals surface area contributed by atoms with Crippen molar-refractivity contribution < 1.29 is 27.4 Å². The number of ether oxygens (including phenoxy) is 2. The Hall–Kier alpha value is -0.780. The van der Waals surface area contributed by atoms with E-state index >= 15 is 0 Å². The Balaban J connectivity index is 2.11. The molecule has 3 unspecified atom stereocenters. The highest BCUT2D eigenvalue weighted by molar-refractivity contribution is 5.75. The molecule has 0 aliphatic carbocycles. The summed E-state index contributed by atoms with van der Waals surface area (Å²) in [4.78, 5) is 10.9. The van der Waals surface area contributed by atoms with E-state index in [9.17, 15) is 18.0 Å². The molecule has 2 saturated heterocycles. The Morgan fingerprint density at radius 1 is 1.39 bits per heavy atom. The molecule has 0 aromatic heterocycles. The Kier molecular flexibility index (Phi) is 2.92. The summed E-state index contributed by atoms with van der Waals surface area (Å²) in [6.45, 7) is 5.66. The number of halogens is 3. The molecule has 2 aliphatic rings. The molecule has 3 atom stereocenters. The van der Waals surface area contributed by atoms with E-state index in [1.165, 1.54) is 0 Å². The van der Waals surface area contributed by atoms with Crippen molar-refractivity contribution in [3.8, 4) is 0 Å². The van der Waals surface area contributed by atoms with Crippen molar-refractivity contribution in [1.29, 1.82) is 0 Å². The second-order valence-corrected chi connectivity index (χ2v) is 5.73. The highest BCUT2D eigenvalue weighted by atomic mass is 19.4. The predicted molar refractivity (Wildman–Crippen MR) is 56.8 cm³/mol. The van der Waals surface area contributed by atoms with Crippen LogP contribution in [0.2, 0.25) is 0 Å². The average Bonchev–Trinajstić information content (AvgIpc) is 2.69. The largest absolute Gasteiger partial charge is 0.490 e. The van der Waals surface area contributed by atoms with Crippen LogP contribution in [0.15, 0.2) is 0 Å². The molecule has 3 nitrogen and oxygen atoms in total. The number of alkyl halides is 3. The van der Waals surface area contributed by atoms with Crippen LogP contribution in [0.3, 0.4) is 0 Å². The Morgan fingerprint density at radius 3 is 2.44 bits per heavy atom. The SMILES string of the molecule is CC(C)C12CCC(C)(O1)C(OC(=O)C(F)(F)F)C2. The zero-order chi connectivity index (χ0) is 13.8. The highest BCUT2D eigenvalue weighted by Gasteiger charge is 2.62. The standard InChI is InChI=1S/C12H17F3O3/c1-7(2)11-5-4-10(3,18-11)8(6-11)17-9(16)12(13,14)15/h7-8H,4-6H2,1-3H3. The Labute approximate surface area is 104 Å². The molecule has 0 saturated carbocycles. The molecule has 2 heterocycles. The number of carbonyl (C=O) groups excluding carboxylic acids is 1. The lowest BCUT2D eigenvalue weighted by atomic mass is 9.75. The third-order valence-electron chi connectivity index (χ3n) is 4.23. The molecule has 6 heteroatoms. The van der Waals surface area contributed by atoms with Crippen LogP contribution in [-0.4, -0.2) is 29.5 Å². The topological polar surface area (TPSA) is 35.5 Å². The van der Waals surface area contributed by atoms with E-state index < -0.39 is 29.5 Å². The first-order valence-corrected chi connectivity index (χ1v) is 6.07. The number of carbonyl (C=O) groups is 1. The van der Waals surface area contributed by atoms with Gasteiger partial charge in [-0.15, -0.1) is 0 Å². The number of hydrogen-bond acceptors (Lipinski definition) is 3. The van der Waals surface area contributed by atoms with Crippen LogP contribution in [0.25, 0.3) is 0 Å². The van der Waals surface area contributed by atoms with Crippen LogP contribution in [0.4, 0.5) is 13.2 Å². The minimum atomic E-state index is -4.94. The average molecular weight is 266 g/mol. The molecule has 18 heavy (non-hydrogen) atoms. The maximum absolute atomic E-state index is 12.2. The molecule has 2 aliphatic heterocycles. The molecule has 0 radical (unpaired) electrons. The molecule has 2 bridgehead atoms. The van der Waals surface area contributed by atoms with Gasteiger partial charge >= 0.3 is 12.1 Å². The van der Waals surface area contributed by atoms with Crippen LogP contribution in [-0.2, 0) is 14.3 Å². The molecule has 0 N–H and O–H groups in total. The van der Waals surface area contributed by atoms with Gasteiger partial charge in [-0.2, -0.15) is 13.2 Å². The van der Waals surface area contributed by atoms with Crippen molar-refractivity contribution in [3.63, 3.8) is 0 Å². The first kappa shape index (κ1) is 13.6. The second kappa shape index (κ2) is 3.85. The van der Waals surface area contributed by atoms with Gasteiger partial charge in [0.25, 0.3) is 0 Å². The third kappa shape index (κ3) is 2.00. The van der Waals surface area contributed by atoms with E-state index in [2.05, 4.69) is 4.74 Å². The second-order valence-electron chi connectivity index (χ2n) is 5.73. The summed E-state index contributed by atoms with van der Waals surface area (Å²) >= 11 is 0. The molecular weight excluding hydrogens is 249 g/mol. The Bertz CT molecular complexity index is 366. The van der Waals surface area contributed by atoms with Gasteiger partial charge in [0, 0.05) is 6.42 Å². The molecule has 2 rings (SSSR count). The van der Waals surface area contributed by atoms with Crippen molar-refractivity contribution in [2.24, 2.45) is 5.92 Å². The van der Waals surface area contributed by atoms with Gasteiger partial charge in [-0.1, -0.05) is 13.8 Å². The van der Waals surface area contributed by atoms with Gasteiger partial charge in [0.05, 0.1) is 5.60 Å². The fourth-order valence-corrected chi connectivity index (χ4v) is 2.93. The van der Waals surface area contributed by atoms with Crippen LogP contribution < -0.4 is 0 Å². The first-order valence-electron chi connectivity index (χ1n) is 6.07. The summed E-state index contributed by atoms with van der Waals surface area (Å²) in [6, 6.07) is 0. The zero-order valence-corrected chi connectivity index (χ0v) is 10.6. The minimum Gasteiger partial charge on any atom is -0.453 e. The molecule has 0 aromatic carbocycles. The van der Waals surface area contributed by atoms with Crippen molar-refractivity contribution >= 4 is 5.97 Å². The predicted octanol–water partition coefficient (Wildman–Crippen LogP) is 2.83. The van der Waals surface area contributed by atoms with Gasteiger partial charge < -0.3 is 9.47 Å². The number of fused-ring (bicyclic) bond motifs is 2. The van der Waals surface area contributed by atoms with Gasteiger partial charge in [0.15, 0.2) is 0 Å². The number of rotatable bonds is 2. The van der Waals surface area contributed by atoms with Crippen LogP contribution in [0.1, 0.15) is 40.0 Å².